The topological polar surface area (TPSA) is 23.6 Å². The van der Waals surface area contributed by atoms with Gasteiger partial charge in [0.05, 0.1) is 5.02 Å². The zero-order valence-corrected chi connectivity index (χ0v) is 13.5. The van der Waals surface area contributed by atoms with Crippen LogP contribution in [0.25, 0.3) is 0 Å². The Bertz CT molecular complexity index is 479. The summed E-state index contributed by atoms with van der Waals surface area (Å²) in [4.78, 5) is 16.6. The maximum absolute atomic E-state index is 12.5. The van der Waals surface area contributed by atoms with Crippen molar-refractivity contribution in [3.63, 3.8) is 0 Å². The number of hydrogen-bond acceptors (Lipinski definition) is 2. The molecule has 1 unspecified atom stereocenters. The van der Waals surface area contributed by atoms with E-state index in [0.29, 0.717) is 16.6 Å². The number of carbonyl (C=O) groups is 1. The zero-order valence-electron chi connectivity index (χ0n) is 11.2. The van der Waals surface area contributed by atoms with Gasteiger partial charge in [-0.1, -0.05) is 11.6 Å². The van der Waals surface area contributed by atoms with Crippen molar-refractivity contribution >= 4 is 33.4 Å². The molecule has 0 aromatic heterocycles. The number of likely N-dealkylation sites (tertiary alicyclic amines) is 1. The molecule has 1 aromatic rings. The molecule has 0 aliphatic carbocycles. The van der Waals surface area contributed by atoms with Gasteiger partial charge in [0.25, 0.3) is 5.91 Å². The van der Waals surface area contributed by atoms with Crippen LogP contribution in [0.5, 0.6) is 0 Å². The van der Waals surface area contributed by atoms with Crippen LogP contribution in [0.1, 0.15) is 23.2 Å². The molecular formula is C14H18BrClN2O. The van der Waals surface area contributed by atoms with Gasteiger partial charge in [0.1, 0.15) is 0 Å². The summed E-state index contributed by atoms with van der Waals surface area (Å²) in [7, 11) is 4.13. The number of piperidine rings is 1. The molecule has 0 spiro atoms. The molecule has 1 saturated heterocycles. The summed E-state index contributed by atoms with van der Waals surface area (Å²) in [5.74, 6) is 0.0703. The SMILES string of the molecule is CN(C)C1CCCN(C(=O)c2ccc(Br)c(Cl)c2)C1. The summed E-state index contributed by atoms with van der Waals surface area (Å²) in [6, 6.07) is 5.82. The Morgan fingerprint density at radius 1 is 1.47 bits per heavy atom. The number of halogens is 2. The van der Waals surface area contributed by atoms with Gasteiger partial charge < -0.3 is 9.80 Å². The molecule has 5 heteroatoms. The molecule has 0 saturated carbocycles. The lowest BCUT2D eigenvalue weighted by molar-refractivity contribution is 0.0635. The number of benzene rings is 1. The molecule has 1 aliphatic heterocycles. The number of rotatable bonds is 2. The van der Waals surface area contributed by atoms with Crippen molar-refractivity contribution in [1.82, 2.24) is 9.80 Å². The summed E-state index contributed by atoms with van der Waals surface area (Å²) in [5.41, 5.74) is 0.660. The quantitative estimate of drug-likeness (QED) is 0.821. The third kappa shape index (κ3) is 3.50. The second kappa shape index (κ2) is 6.25. The molecule has 1 amide bonds. The number of hydrogen-bond donors (Lipinski definition) is 0. The number of nitrogens with zero attached hydrogens (tertiary/aromatic N) is 2. The van der Waals surface area contributed by atoms with Gasteiger partial charge >= 0.3 is 0 Å². The highest BCUT2D eigenvalue weighted by Crippen LogP contribution is 2.24. The van der Waals surface area contributed by atoms with Crippen LogP contribution in [0.4, 0.5) is 0 Å². The van der Waals surface area contributed by atoms with Gasteiger partial charge in [-0.15, -0.1) is 0 Å². The van der Waals surface area contributed by atoms with Crippen molar-refractivity contribution in [1.29, 1.82) is 0 Å². The van der Waals surface area contributed by atoms with Crippen molar-refractivity contribution in [3.8, 4) is 0 Å². The monoisotopic (exact) mass is 344 g/mol. The third-order valence-corrected chi connectivity index (χ3v) is 4.81. The maximum atomic E-state index is 12.5. The average Bonchev–Trinajstić information content (AvgIpc) is 2.41. The minimum atomic E-state index is 0.0703. The van der Waals surface area contributed by atoms with Crippen molar-refractivity contribution in [2.24, 2.45) is 0 Å². The first kappa shape index (κ1) is 14.8. The molecular weight excluding hydrogens is 328 g/mol. The van der Waals surface area contributed by atoms with Crippen molar-refractivity contribution in [3.05, 3.63) is 33.3 Å². The van der Waals surface area contributed by atoms with Crippen LogP contribution in [0.15, 0.2) is 22.7 Å². The number of amides is 1. The van der Waals surface area contributed by atoms with Crippen LogP contribution in [-0.2, 0) is 0 Å². The molecule has 3 nitrogen and oxygen atoms in total. The standard InChI is InChI=1S/C14H18BrClN2O/c1-17(2)11-4-3-7-18(9-11)14(19)10-5-6-12(15)13(16)8-10/h5-6,8,11H,3-4,7,9H2,1-2H3. The Morgan fingerprint density at radius 3 is 2.84 bits per heavy atom. The van der Waals surface area contributed by atoms with E-state index in [4.69, 9.17) is 11.6 Å². The predicted octanol–water partition coefficient (Wildman–Crippen LogP) is 3.27. The lowest BCUT2D eigenvalue weighted by Gasteiger charge is -2.36. The Hall–Kier alpha value is -0.580. The van der Waals surface area contributed by atoms with Crippen LogP contribution in [0, 0.1) is 0 Å². The van der Waals surface area contributed by atoms with Gasteiger partial charge in [0, 0.05) is 29.2 Å². The molecule has 1 aliphatic rings. The molecule has 2 rings (SSSR count). The first-order valence-electron chi connectivity index (χ1n) is 6.40. The van der Waals surface area contributed by atoms with E-state index in [-0.39, 0.29) is 5.91 Å². The van der Waals surface area contributed by atoms with Crippen molar-refractivity contribution in [2.45, 2.75) is 18.9 Å². The highest BCUT2D eigenvalue weighted by atomic mass is 79.9. The maximum Gasteiger partial charge on any atom is 0.253 e. The van der Waals surface area contributed by atoms with Crippen LogP contribution in [0.2, 0.25) is 5.02 Å². The zero-order chi connectivity index (χ0) is 14.0. The summed E-state index contributed by atoms with van der Waals surface area (Å²) < 4.78 is 0.815. The van der Waals surface area contributed by atoms with Gasteiger partial charge in [0.15, 0.2) is 0 Å². The highest BCUT2D eigenvalue weighted by Gasteiger charge is 2.25. The van der Waals surface area contributed by atoms with Crippen LogP contribution < -0.4 is 0 Å². The summed E-state index contributed by atoms with van der Waals surface area (Å²) in [6.45, 7) is 1.62. The van der Waals surface area contributed by atoms with E-state index in [1.807, 2.05) is 17.0 Å². The van der Waals surface area contributed by atoms with E-state index >= 15 is 0 Å². The minimum absolute atomic E-state index is 0.0703. The summed E-state index contributed by atoms with van der Waals surface area (Å²) >= 11 is 9.39. The van der Waals surface area contributed by atoms with E-state index in [9.17, 15) is 4.79 Å². The molecule has 0 N–H and O–H groups in total. The van der Waals surface area contributed by atoms with Gasteiger partial charge in [-0.3, -0.25) is 4.79 Å². The summed E-state index contributed by atoms with van der Waals surface area (Å²) in [6.07, 6.45) is 2.21. The van der Waals surface area contributed by atoms with E-state index in [0.717, 1.165) is 30.4 Å². The normalized spacial score (nSPS) is 19.8. The van der Waals surface area contributed by atoms with Gasteiger partial charge in [-0.05, 0) is 61.1 Å². The lowest BCUT2D eigenvalue weighted by atomic mass is 10.0. The van der Waals surface area contributed by atoms with Gasteiger partial charge in [-0.25, -0.2) is 0 Å². The van der Waals surface area contributed by atoms with Crippen molar-refractivity contribution < 1.29 is 4.79 Å². The van der Waals surface area contributed by atoms with Crippen LogP contribution >= 0.6 is 27.5 Å². The van der Waals surface area contributed by atoms with Crippen molar-refractivity contribution in [2.75, 3.05) is 27.2 Å². The smallest absolute Gasteiger partial charge is 0.253 e. The second-order valence-corrected chi connectivity index (χ2v) is 6.40. The van der Waals surface area contributed by atoms with Gasteiger partial charge in [-0.2, -0.15) is 0 Å². The molecule has 1 atom stereocenters. The molecule has 1 fully saturated rings. The molecule has 104 valence electrons. The molecule has 1 aromatic carbocycles. The first-order chi connectivity index (χ1) is 8.99. The largest absolute Gasteiger partial charge is 0.337 e. The van der Waals surface area contributed by atoms with E-state index in [2.05, 4.69) is 34.9 Å². The molecule has 0 radical (unpaired) electrons. The third-order valence-electron chi connectivity index (χ3n) is 3.58. The van der Waals surface area contributed by atoms with Crippen LogP contribution in [-0.4, -0.2) is 48.9 Å². The van der Waals surface area contributed by atoms with Crippen LogP contribution in [0.3, 0.4) is 0 Å². The Balaban J connectivity index is 2.12. The fourth-order valence-corrected chi connectivity index (χ4v) is 2.80. The average molecular weight is 346 g/mol. The van der Waals surface area contributed by atoms with E-state index < -0.39 is 0 Å². The predicted molar refractivity (Wildman–Crippen MR) is 81.8 cm³/mol. The lowest BCUT2D eigenvalue weighted by Crippen LogP contribution is -2.47. The fraction of sp³-hybridized carbons (Fsp3) is 0.500. The number of likely N-dealkylation sites (N-methyl/N-ethyl adjacent to an activating group) is 1. The second-order valence-electron chi connectivity index (χ2n) is 5.14. The molecule has 19 heavy (non-hydrogen) atoms. The number of carbonyl (C=O) groups excluding carboxylic acids is 1. The molecule has 0 bridgehead atoms. The highest BCUT2D eigenvalue weighted by molar-refractivity contribution is 9.10. The molecule has 1 heterocycles. The summed E-state index contributed by atoms with van der Waals surface area (Å²) in [5, 5.41) is 0.576. The Labute approximate surface area is 127 Å². The van der Waals surface area contributed by atoms with Gasteiger partial charge in [0.2, 0.25) is 0 Å². The van der Waals surface area contributed by atoms with E-state index in [1.165, 1.54) is 0 Å². The fourth-order valence-electron chi connectivity index (χ4n) is 2.37. The Morgan fingerprint density at radius 2 is 2.21 bits per heavy atom. The first-order valence-corrected chi connectivity index (χ1v) is 7.57. The Kier molecular flexibility index (Phi) is 4.87. The minimum Gasteiger partial charge on any atom is -0.337 e. The van der Waals surface area contributed by atoms with E-state index in [1.54, 1.807) is 6.07 Å².